The molecule has 0 spiro atoms. The summed E-state index contributed by atoms with van der Waals surface area (Å²) in [6, 6.07) is 0. The maximum Gasteiger partial charge on any atom is 0.472 e. The molecule has 564 valence electrons. The van der Waals surface area contributed by atoms with E-state index in [-0.39, 0.29) is 25.7 Å². The molecule has 0 radical (unpaired) electrons. The average Bonchev–Trinajstić information content (AvgIpc) is 1.39. The first-order valence-corrected chi connectivity index (χ1v) is 42.4. The molecule has 0 aromatic rings. The van der Waals surface area contributed by atoms with Crippen molar-refractivity contribution in [3.8, 4) is 0 Å². The number of carbonyl (C=O) groups is 4. The molecule has 0 rings (SSSR count). The molecular weight excluding hydrogens is 1250 g/mol. The van der Waals surface area contributed by atoms with Crippen LogP contribution in [0.5, 0.6) is 0 Å². The lowest BCUT2D eigenvalue weighted by Crippen LogP contribution is -2.30. The maximum absolute atomic E-state index is 13.1. The van der Waals surface area contributed by atoms with Crippen molar-refractivity contribution in [3.05, 3.63) is 0 Å². The summed E-state index contributed by atoms with van der Waals surface area (Å²) >= 11 is 0. The van der Waals surface area contributed by atoms with E-state index in [0.29, 0.717) is 25.7 Å². The molecule has 0 bridgehead atoms. The fraction of sp³-hybridized carbons (Fsp3) is 0.947. The second-order valence-corrected chi connectivity index (χ2v) is 31.3. The van der Waals surface area contributed by atoms with Crippen LogP contribution in [0.2, 0.25) is 0 Å². The molecule has 0 fully saturated rings. The first-order valence-electron chi connectivity index (χ1n) is 39.4. The van der Waals surface area contributed by atoms with E-state index in [4.69, 9.17) is 37.0 Å². The third-order valence-electron chi connectivity index (χ3n) is 18.4. The monoisotopic (exact) mass is 1400 g/mol. The molecule has 0 aromatic heterocycles. The Balaban J connectivity index is 5.26. The molecule has 7 atom stereocenters. The standard InChI is InChI=1S/C76H148O17P2/c1-8-11-12-13-14-15-21-28-36-43-50-57-73(78)86-64-72(93-76(81)60-53-46-39-32-31-35-42-49-56-69(7)10-3)66-91-95(84,85)89-62-70(77)61-88-94(82,83)90-65-71(63-87-74(79)58-51-44-37-29-25-20-22-26-33-40-47-54-67(4)5)92-75(80)59-52-45-38-30-24-19-17-16-18-23-27-34-41-48-55-68(6)9-2/h67-72,77H,8-66H2,1-7H3,(H,82,83)(H,84,85)/t68?,69?,70-,71-,72-/m1/s1. The van der Waals surface area contributed by atoms with E-state index in [9.17, 15) is 43.2 Å². The van der Waals surface area contributed by atoms with Gasteiger partial charge < -0.3 is 33.8 Å². The summed E-state index contributed by atoms with van der Waals surface area (Å²) in [6.45, 7) is 12.0. The van der Waals surface area contributed by atoms with Crippen LogP contribution in [-0.2, 0) is 65.4 Å². The highest BCUT2D eigenvalue weighted by Gasteiger charge is 2.30. The van der Waals surface area contributed by atoms with Crippen molar-refractivity contribution >= 4 is 39.5 Å². The second-order valence-electron chi connectivity index (χ2n) is 28.4. The third kappa shape index (κ3) is 67.6. The van der Waals surface area contributed by atoms with Crippen LogP contribution in [0.15, 0.2) is 0 Å². The largest absolute Gasteiger partial charge is 0.472 e. The topological polar surface area (TPSA) is 237 Å². The van der Waals surface area contributed by atoms with Crippen molar-refractivity contribution in [3.63, 3.8) is 0 Å². The number of unbranched alkanes of at least 4 members (excludes halogenated alkanes) is 40. The summed E-state index contributed by atoms with van der Waals surface area (Å²) in [5.74, 6) is 0.269. The summed E-state index contributed by atoms with van der Waals surface area (Å²) in [5.41, 5.74) is 0. The Morgan fingerprint density at radius 1 is 0.305 bits per heavy atom. The van der Waals surface area contributed by atoms with Crippen molar-refractivity contribution in [2.24, 2.45) is 17.8 Å². The first kappa shape index (κ1) is 93.1. The van der Waals surface area contributed by atoms with Crippen molar-refractivity contribution < 1.29 is 80.2 Å². The quantitative estimate of drug-likeness (QED) is 0.0222. The van der Waals surface area contributed by atoms with E-state index in [1.54, 1.807) is 0 Å². The Bertz CT molecular complexity index is 1860. The summed E-state index contributed by atoms with van der Waals surface area (Å²) in [5, 5.41) is 10.6. The highest BCUT2D eigenvalue weighted by atomic mass is 31.2. The van der Waals surface area contributed by atoms with Gasteiger partial charge in [0.05, 0.1) is 26.4 Å². The van der Waals surface area contributed by atoms with Crippen LogP contribution >= 0.6 is 15.6 Å². The number of aliphatic hydroxyl groups is 1. The number of rotatable bonds is 74. The van der Waals surface area contributed by atoms with Gasteiger partial charge in [-0.3, -0.25) is 37.3 Å². The second kappa shape index (κ2) is 66.6. The number of phosphoric ester groups is 2. The number of hydrogen-bond donors (Lipinski definition) is 3. The first-order chi connectivity index (χ1) is 45.8. The molecular formula is C76H148O17P2. The Labute approximate surface area is 581 Å². The van der Waals surface area contributed by atoms with Gasteiger partial charge in [0.25, 0.3) is 0 Å². The van der Waals surface area contributed by atoms with Crippen LogP contribution in [0.4, 0.5) is 0 Å². The molecule has 0 amide bonds. The lowest BCUT2D eigenvalue weighted by Gasteiger charge is -2.21. The highest BCUT2D eigenvalue weighted by Crippen LogP contribution is 2.45. The summed E-state index contributed by atoms with van der Waals surface area (Å²) in [6.07, 6.45) is 52.5. The Morgan fingerprint density at radius 3 is 0.800 bits per heavy atom. The van der Waals surface area contributed by atoms with E-state index in [0.717, 1.165) is 108 Å². The summed E-state index contributed by atoms with van der Waals surface area (Å²) in [7, 11) is -9.91. The number of esters is 4. The molecule has 0 saturated carbocycles. The van der Waals surface area contributed by atoms with Crippen LogP contribution in [-0.4, -0.2) is 96.7 Å². The minimum atomic E-state index is -4.96. The average molecular weight is 1400 g/mol. The molecule has 95 heavy (non-hydrogen) atoms. The van der Waals surface area contributed by atoms with Gasteiger partial charge in [0.2, 0.25) is 0 Å². The van der Waals surface area contributed by atoms with Crippen LogP contribution in [0.3, 0.4) is 0 Å². The minimum Gasteiger partial charge on any atom is -0.462 e. The van der Waals surface area contributed by atoms with Crippen molar-refractivity contribution in [2.45, 2.75) is 407 Å². The maximum atomic E-state index is 13.1. The zero-order valence-corrected chi connectivity index (χ0v) is 63.9. The van der Waals surface area contributed by atoms with Gasteiger partial charge in [-0.15, -0.1) is 0 Å². The van der Waals surface area contributed by atoms with Crippen LogP contribution in [0.1, 0.15) is 389 Å². The van der Waals surface area contributed by atoms with E-state index in [2.05, 4.69) is 48.5 Å². The van der Waals surface area contributed by atoms with Crippen molar-refractivity contribution in [1.82, 2.24) is 0 Å². The summed E-state index contributed by atoms with van der Waals surface area (Å²) < 4.78 is 68.5. The summed E-state index contributed by atoms with van der Waals surface area (Å²) in [4.78, 5) is 72.8. The van der Waals surface area contributed by atoms with Gasteiger partial charge >= 0.3 is 39.5 Å². The van der Waals surface area contributed by atoms with E-state index < -0.39 is 97.5 Å². The number of ether oxygens (including phenoxy) is 4. The van der Waals surface area contributed by atoms with Crippen LogP contribution in [0.25, 0.3) is 0 Å². The van der Waals surface area contributed by atoms with Gasteiger partial charge in [-0.1, -0.05) is 337 Å². The minimum absolute atomic E-state index is 0.105. The zero-order chi connectivity index (χ0) is 70.1. The molecule has 0 aliphatic rings. The molecule has 0 aliphatic heterocycles. The van der Waals surface area contributed by atoms with Gasteiger partial charge in [0, 0.05) is 25.7 Å². The zero-order valence-electron chi connectivity index (χ0n) is 62.1. The number of carbonyl (C=O) groups excluding carboxylic acids is 4. The normalized spacial score (nSPS) is 14.6. The van der Waals surface area contributed by atoms with Crippen LogP contribution in [0, 0.1) is 17.8 Å². The fourth-order valence-corrected chi connectivity index (χ4v) is 13.1. The van der Waals surface area contributed by atoms with E-state index in [1.165, 1.54) is 199 Å². The Hall–Kier alpha value is -1.94. The van der Waals surface area contributed by atoms with Gasteiger partial charge in [0.15, 0.2) is 12.2 Å². The lowest BCUT2D eigenvalue weighted by atomic mass is 9.99. The Morgan fingerprint density at radius 2 is 0.537 bits per heavy atom. The van der Waals surface area contributed by atoms with Gasteiger partial charge in [0.1, 0.15) is 19.3 Å². The number of phosphoric acid groups is 2. The van der Waals surface area contributed by atoms with Crippen molar-refractivity contribution in [1.29, 1.82) is 0 Å². The van der Waals surface area contributed by atoms with Gasteiger partial charge in [-0.05, 0) is 43.4 Å². The fourth-order valence-electron chi connectivity index (χ4n) is 11.5. The molecule has 4 unspecified atom stereocenters. The molecule has 0 saturated heterocycles. The van der Waals surface area contributed by atoms with Crippen molar-refractivity contribution in [2.75, 3.05) is 39.6 Å². The number of aliphatic hydroxyl groups excluding tert-OH is 1. The molecule has 17 nitrogen and oxygen atoms in total. The predicted molar refractivity (Wildman–Crippen MR) is 386 cm³/mol. The van der Waals surface area contributed by atoms with Gasteiger partial charge in [-0.25, -0.2) is 9.13 Å². The smallest absolute Gasteiger partial charge is 0.462 e. The SMILES string of the molecule is CCCCCCCCCCCCCC(=O)OC[C@H](COP(=O)(O)OC[C@H](O)COP(=O)(O)OC[C@@H](COC(=O)CCCCCCCCCCCCCC(C)C)OC(=O)CCCCCCCCCCCCCCCCC(C)CC)OC(=O)CCCCCCCCCCC(C)CC. The molecule has 0 heterocycles. The Kier molecular flexibility index (Phi) is 65.2. The lowest BCUT2D eigenvalue weighted by molar-refractivity contribution is -0.161. The number of hydrogen-bond acceptors (Lipinski definition) is 15. The third-order valence-corrected chi connectivity index (χ3v) is 20.3. The predicted octanol–water partition coefficient (Wildman–Crippen LogP) is 22.2. The van der Waals surface area contributed by atoms with E-state index in [1.807, 2.05) is 0 Å². The molecule has 19 heteroatoms. The van der Waals surface area contributed by atoms with E-state index >= 15 is 0 Å². The molecule has 3 N–H and O–H groups in total. The highest BCUT2D eigenvalue weighted by molar-refractivity contribution is 7.47. The molecule has 0 aliphatic carbocycles. The van der Waals surface area contributed by atoms with Gasteiger partial charge in [-0.2, -0.15) is 0 Å². The molecule has 0 aromatic carbocycles. The van der Waals surface area contributed by atoms with Crippen LogP contribution < -0.4 is 0 Å².